The van der Waals surface area contributed by atoms with E-state index >= 15 is 0 Å². The van der Waals surface area contributed by atoms with Crippen LogP contribution in [-0.4, -0.2) is 56.9 Å². The van der Waals surface area contributed by atoms with E-state index in [0.29, 0.717) is 28.9 Å². The molecule has 1 aromatic carbocycles. The average molecular weight is 342 g/mol. The first-order valence-corrected chi connectivity index (χ1v) is 8.21. The van der Waals surface area contributed by atoms with E-state index in [1.807, 2.05) is 4.90 Å². The van der Waals surface area contributed by atoms with Crippen molar-refractivity contribution in [2.45, 2.75) is 6.92 Å². The van der Waals surface area contributed by atoms with Crippen molar-refractivity contribution in [2.24, 2.45) is 11.8 Å². The summed E-state index contributed by atoms with van der Waals surface area (Å²) >= 11 is 0. The van der Waals surface area contributed by atoms with Crippen LogP contribution in [0.25, 0.3) is 5.69 Å². The van der Waals surface area contributed by atoms with Crippen LogP contribution in [0.3, 0.4) is 0 Å². The van der Waals surface area contributed by atoms with Crippen molar-refractivity contribution in [3.8, 4) is 5.69 Å². The van der Waals surface area contributed by atoms with Crippen LogP contribution in [-0.2, 0) is 0 Å². The molecule has 2 aromatic rings. The van der Waals surface area contributed by atoms with Gasteiger partial charge in [0.15, 0.2) is 5.69 Å². The monoisotopic (exact) mass is 342 g/mol. The molecule has 0 bridgehead atoms. The van der Waals surface area contributed by atoms with E-state index < -0.39 is 4.92 Å². The van der Waals surface area contributed by atoms with E-state index in [1.54, 1.807) is 19.1 Å². The summed E-state index contributed by atoms with van der Waals surface area (Å²) in [7, 11) is 0. The highest BCUT2D eigenvalue weighted by atomic mass is 16.6. The minimum absolute atomic E-state index is 0.0276. The van der Waals surface area contributed by atoms with E-state index in [-0.39, 0.29) is 11.6 Å². The normalized spacial score (nSPS) is 22.2. The lowest BCUT2D eigenvalue weighted by Gasteiger charge is -2.16. The van der Waals surface area contributed by atoms with E-state index in [1.165, 1.54) is 16.8 Å². The quantitative estimate of drug-likeness (QED) is 0.652. The Morgan fingerprint density at radius 3 is 2.72 bits per heavy atom. The van der Waals surface area contributed by atoms with Crippen molar-refractivity contribution in [3.05, 3.63) is 45.8 Å². The van der Waals surface area contributed by atoms with Crippen LogP contribution in [0.5, 0.6) is 0 Å². The second kappa shape index (κ2) is 5.92. The van der Waals surface area contributed by atoms with Gasteiger partial charge in [0.25, 0.3) is 11.6 Å². The molecule has 9 nitrogen and oxygen atoms in total. The Hall–Kier alpha value is -2.81. The van der Waals surface area contributed by atoms with Crippen LogP contribution >= 0.6 is 0 Å². The SMILES string of the molecule is Cc1c(C(=O)N2C[C@H]3CNC[C@H]3C2)nnn1-c1cccc([N+](=O)[O-])c1. The number of nitro benzene ring substituents is 1. The van der Waals surface area contributed by atoms with Gasteiger partial charge in [0, 0.05) is 38.3 Å². The highest BCUT2D eigenvalue weighted by Crippen LogP contribution is 2.28. The number of hydrogen-bond donors (Lipinski definition) is 1. The molecule has 130 valence electrons. The average Bonchev–Trinajstić information content (AvgIpc) is 3.28. The number of benzene rings is 1. The van der Waals surface area contributed by atoms with Crippen molar-refractivity contribution < 1.29 is 9.72 Å². The van der Waals surface area contributed by atoms with E-state index in [0.717, 1.165) is 26.2 Å². The Balaban J connectivity index is 1.60. The first kappa shape index (κ1) is 15.7. The second-order valence-corrected chi connectivity index (χ2v) is 6.60. The molecule has 0 aliphatic carbocycles. The van der Waals surface area contributed by atoms with Gasteiger partial charge in [0.2, 0.25) is 0 Å². The van der Waals surface area contributed by atoms with Crippen LogP contribution in [0.4, 0.5) is 5.69 Å². The number of carbonyl (C=O) groups is 1. The number of hydrogen-bond acceptors (Lipinski definition) is 6. The van der Waals surface area contributed by atoms with Crippen molar-refractivity contribution >= 4 is 11.6 Å². The van der Waals surface area contributed by atoms with Gasteiger partial charge in [0.1, 0.15) is 0 Å². The van der Waals surface area contributed by atoms with E-state index in [2.05, 4.69) is 15.6 Å². The Bertz CT molecular complexity index is 836. The van der Waals surface area contributed by atoms with E-state index in [4.69, 9.17) is 0 Å². The standard InChI is InChI=1S/C16H18N6O3/c1-10-15(16(23)20-8-11-6-17-7-12(11)9-20)18-19-21(10)13-3-2-4-14(5-13)22(24)25/h2-5,11-12,17H,6-9H2,1H3/t11-,12+. The lowest BCUT2D eigenvalue weighted by atomic mass is 10.0. The fourth-order valence-corrected chi connectivity index (χ4v) is 3.68. The van der Waals surface area contributed by atoms with Crippen molar-refractivity contribution in [1.29, 1.82) is 0 Å². The minimum Gasteiger partial charge on any atom is -0.337 e. The van der Waals surface area contributed by atoms with Crippen molar-refractivity contribution in [1.82, 2.24) is 25.2 Å². The van der Waals surface area contributed by atoms with Gasteiger partial charge in [-0.25, -0.2) is 4.68 Å². The highest BCUT2D eigenvalue weighted by molar-refractivity contribution is 5.93. The zero-order valence-electron chi connectivity index (χ0n) is 13.8. The smallest absolute Gasteiger partial charge is 0.276 e. The molecule has 4 rings (SSSR count). The topological polar surface area (TPSA) is 106 Å². The van der Waals surface area contributed by atoms with Gasteiger partial charge in [0.05, 0.1) is 16.3 Å². The van der Waals surface area contributed by atoms with Crippen LogP contribution < -0.4 is 5.32 Å². The largest absolute Gasteiger partial charge is 0.337 e. The predicted octanol–water partition coefficient (Wildman–Crippen LogP) is 0.775. The summed E-state index contributed by atoms with van der Waals surface area (Å²) < 4.78 is 1.47. The molecule has 0 saturated carbocycles. The zero-order chi connectivity index (χ0) is 17.6. The summed E-state index contributed by atoms with van der Waals surface area (Å²) in [6.07, 6.45) is 0. The summed E-state index contributed by atoms with van der Waals surface area (Å²) in [6, 6.07) is 6.13. The lowest BCUT2D eigenvalue weighted by molar-refractivity contribution is -0.384. The number of non-ortho nitro benzene ring substituents is 1. The Kier molecular flexibility index (Phi) is 3.72. The first-order chi connectivity index (χ1) is 12.0. The molecule has 2 saturated heterocycles. The summed E-state index contributed by atoms with van der Waals surface area (Å²) in [5.74, 6) is 0.899. The molecule has 2 aliphatic rings. The number of likely N-dealkylation sites (tertiary alicyclic amines) is 1. The molecule has 2 atom stereocenters. The molecule has 25 heavy (non-hydrogen) atoms. The Morgan fingerprint density at radius 2 is 2.04 bits per heavy atom. The molecular weight excluding hydrogens is 324 g/mol. The van der Waals surface area contributed by atoms with E-state index in [9.17, 15) is 14.9 Å². The Labute approximate surface area is 143 Å². The summed E-state index contributed by atoms with van der Waals surface area (Å²) in [5.41, 5.74) is 1.38. The zero-order valence-corrected chi connectivity index (χ0v) is 13.8. The molecule has 3 heterocycles. The maximum absolute atomic E-state index is 12.8. The molecule has 0 unspecified atom stereocenters. The number of fused-ring (bicyclic) bond motifs is 1. The van der Waals surface area contributed by atoms with Gasteiger partial charge in [-0.2, -0.15) is 0 Å². The van der Waals surface area contributed by atoms with Crippen LogP contribution in [0.15, 0.2) is 24.3 Å². The van der Waals surface area contributed by atoms with Gasteiger partial charge in [-0.15, -0.1) is 5.10 Å². The fourth-order valence-electron chi connectivity index (χ4n) is 3.68. The molecule has 9 heteroatoms. The summed E-state index contributed by atoms with van der Waals surface area (Å²) in [5, 5.41) is 22.4. The van der Waals surface area contributed by atoms with Crippen LogP contribution in [0.2, 0.25) is 0 Å². The molecule has 1 N–H and O–H groups in total. The van der Waals surface area contributed by atoms with Crippen LogP contribution in [0, 0.1) is 28.9 Å². The summed E-state index contributed by atoms with van der Waals surface area (Å²) in [4.78, 5) is 25.1. The molecule has 0 radical (unpaired) electrons. The number of aromatic nitrogens is 3. The van der Waals surface area contributed by atoms with Crippen molar-refractivity contribution in [2.75, 3.05) is 26.2 Å². The molecule has 2 aliphatic heterocycles. The van der Waals surface area contributed by atoms with Gasteiger partial charge in [-0.05, 0) is 24.8 Å². The van der Waals surface area contributed by atoms with Crippen molar-refractivity contribution in [3.63, 3.8) is 0 Å². The number of nitrogens with zero attached hydrogens (tertiary/aromatic N) is 5. The van der Waals surface area contributed by atoms with Gasteiger partial charge in [-0.1, -0.05) is 11.3 Å². The maximum atomic E-state index is 12.8. The number of nitrogens with one attached hydrogen (secondary N) is 1. The minimum atomic E-state index is -0.459. The predicted molar refractivity (Wildman–Crippen MR) is 88.5 cm³/mol. The molecular formula is C16H18N6O3. The third-order valence-electron chi connectivity index (χ3n) is 5.06. The van der Waals surface area contributed by atoms with Gasteiger partial charge < -0.3 is 10.2 Å². The maximum Gasteiger partial charge on any atom is 0.276 e. The highest BCUT2D eigenvalue weighted by Gasteiger charge is 2.39. The van der Waals surface area contributed by atoms with Gasteiger partial charge in [-0.3, -0.25) is 14.9 Å². The molecule has 1 aromatic heterocycles. The number of carbonyl (C=O) groups excluding carboxylic acids is 1. The molecule has 0 spiro atoms. The third kappa shape index (κ3) is 2.66. The number of rotatable bonds is 3. The van der Waals surface area contributed by atoms with Crippen LogP contribution in [0.1, 0.15) is 16.2 Å². The van der Waals surface area contributed by atoms with Gasteiger partial charge >= 0.3 is 0 Å². The fraction of sp³-hybridized carbons (Fsp3) is 0.438. The number of amides is 1. The lowest BCUT2D eigenvalue weighted by Crippen LogP contribution is -2.32. The molecule has 1 amide bonds. The Morgan fingerprint density at radius 1 is 1.32 bits per heavy atom. The summed E-state index contributed by atoms with van der Waals surface area (Å²) in [6.45, 7) is 5.13. The molecule has 2 fully saturated rings. The number of nitro groups is 1. The first-order valence-electron chi connectivity index (χ1n) is 8.21. The second-order valence-electron chi connectivity index (χ2n) is 6.60. The third-order valence-corrected chi connectivity index (χ3v) is 5.06.